The highest BCUT2D eigenvalue weighted by atomic mass is 16.5. The van der Waals surface area contributed by atoms with Crippen LogP contribution in [0.4, 0.5) is 0 Å². The normalized spacial score (nSPS) is 9.28. The van der Waals surface area contributed by atoms with Crippen molar-refractivity contribution in [1.82, 2.24) is 0 Å². The van der Waals surface area contributed by atoms with Gasteiger partial charge in [-0.3, -0.25) is 9.59 Å². The predicted octanol–water partition coefficient (Wildman–Crippen LogP) is 1.69. The molecule has 1 aromatic rings. The molecule has 0 aliphatic rings. The number of carbonyl (C=O) groups is 2. The molecule has 0 saturated carbocycles. The van der Waals surface area contributed by atoms with Crippen molar-refractivity contribution < 1.29 is 19.1 Å². The summed E-state index contributed by atoms with van der Waals surface area (Å²) in [6, 6.07) is 9.32. The third-order valence-corrected chi connectivity index (χ3v) is 2.09. The van der Waals surface area contributed by atoms with Crippen molar-refractivity contribution >= 4 is 11.9 Å². The zero-order valence-corrected chi connectivity index (χ0v) is 9.93. The second-order valence-corrected chi connectivity index (χ2v) is 3.51. The number of hydrogen-bond acceptors (Lipinski definition) is 4. The van der Waals surface area contributed by atoms with E-state index in [9.17, 15) is 9.59 Å². The van der Waals surface area contributed by atoms with Gasteiger partial charge in [-0.25, -0.2) is 0 Å². The standard InChI is InChI=1S/C14H14O4/c1-2-10-17-13(15)8-9-14(16)18-11-12-6-4-3-5-7-12/h1,3-7H,8-11H2. The first kappa shape index (κ1) is 13.8. The Kier molecular flexibility index (Phi) is 6.05. The minimum atomic E-state index is -0.496. The number of esters is 2. The molecule has 0 saturated heterocycles. The highest BCUT2D eigenvalue weighted by Crippen LogP contribution is 2.03. The molecule has 0 aliphatic heterocycles. The quantitative estimate of drug-likeness (QED) is 0.566. The molecular formula is C14H14O4. The molecule has 18 heavy (non-hydrogen) atoms. The molecule has 4 nitrogen and oxygen atoms in total. The fraction of sp³-hybridized carbons (Fsp3) is 0.286. The summed E-state index contributed by atoms with van der Waals surface area (Å²) in [6.07, 6.45) is 4.90. The van der Waals surface area contributed by atoms with Crippen LogP contribution in [0, 0.1) is 12.3 Å². The van der Waals surface area contributed by atoms with Gasteiger partial charge in [-0.1, -0.05) is 36.3 Å². The summed E-state index contributed by atoms with van der Waals surface area (Å²) in [5.74, 6) is 1.24. The summed E-state index contributed by atoms with van der Waals surface area (Å²) in [7, 11) is 0. The number of terminal acetylenes is 1. The molecule has 0 unspecified atom stereocenters. The number of ether oxygens (including phenoxy) is 2. The average molecular weight is 246 g/mol. The highest BCUT2D eigenvalue weighted by molar-refractivity contribution is 5.77. The Morgan fingerprint density at radius 2 is 1.67 bits per heavy atom. The number of hydrogen-bond donors (Lipinski definition) is 0. The maximum absolute atomic E-state index is 11.3. The summed E-state index contributed by atoms with van der Waals surface area (Å²) < 4.78 is 9.62. The van der Waals surface area contributed by atoms with Gasteiger partial charge in [0, 0.05) is 0 Å². The van der Waals surface area contributed by atoms with E-state index in [-0.39, 0.29) is 26.1 Å². The first-order chi connectivity index (χ1) is 8.72. The Labute approximate surface area is 106 Å². The van der Waals surface area contributed by atoms with E-state index < -0.39 is 11.9 Å². The van der Waals surface area contributed by atoms with Crippen LogP contribution in [0.1, 0.15) is 18.4 Å². The van der Waals surface area contributed by atoms with Gasteiger partial charge in [-0.15, -0.1) is 6.42 Å². The van der Waals surface area contributed by atoms with Gasteiger partial charge < -0.3 is 9.47 Å². The van der Waals surface area contributed by atoms with Crippen molar-refractivity contribution in [3.05, 3.63) is 35.9 Å². The lowest BCUT2D eigenvalue weighted by molar-refractivity contribution is -0.150. The van der Waals surface area contributed by atoms with E-state index in [4.69, 9.17) is 11.2 Å². The van der Waals surface area contributed by atoms with Gasteiger partial charge in [0.2, 0.25) is 0 Å². The van der Waals surface area contributed by atoms with Crippen LogP contribution in [0.5, 0.6) is 0 Å². The summed E-state index contributed by atoms with van der Waals surface area (Å²) >= 11 is 0. The van der Waals surface area contributed by atoms with Gasteiger partial charge in [-0.2, -0.15) is 0 Å². The van der Waals surface area contributed by atoms with Crippen LogP contribution in [-0.2, 0) is 25.7 Å². The molecule has 0 heterocycles. The molecule has 0 atom stereocenters. The van der Waals surface area contributed by atoms with Crippen LogP contribution in [-0.4, -0.2) is 18.5 Å². The average Bonchev–Trinajstić information content (AvgIpc) is 2.41. The summed E-state index contributed by atoms with van der Waals surface area (Å²) in [4.78, 5) is 22.4. The zero-order valence-electron chi connectivity index (χ0n) is 9.93. The fourth-order valence-electron chi connectivity index (χ4n) is 1.21. The Balaban J connectivity index is 2.18. The zero-order chi connectivity index (χ0) is 13.2. The van der Waals surface area contributed by atoms with Gasteiger partial charge in [0.15, 0.2) is 6.61 Å². The molecule has 0 aliphatic carbocycles. The minimum Gasteiger partial charge on any atom is -0.461 e. The summed E-state index contributed by atoms with van der Waals surface area (Å²) in [6.45, 7) is 0.136. The Bertz CT molecular complexity index is 431. The van der Waals surface area contributed by atoms with Gasteiger partial charge in [0.05, 0.1) is 12.8 Å². The van der Waals surface area contributed by atoms with Crippen molar-refractivity contribution in [2.24, 2.45) is 0 Å². The second-order valence-electron chi connectivity index (χ2n) is 3.51. The molecule has 4 heteroatoms. The third-order valence-electron chi connectivity index (χ3n) is 2.09. The van der Waals surface area contributed by atoms with Crippen LogP contribution in [0.2, 0.25) is 0 Å². The first-order valence-electron chi connectivity index (χ1n) is 5.51. The van der Waals surface area contributed by atoms with Crippen LogP contribution in [0.15, 0.2) is 30.3 Å². The maximum Gasteiger partial charge on any atom is 0.307 e. The molecule has 0 amide bonds. The summed E-state index contributed by atoms with van der Waals surface area (Å²) in [5.41, 5.74) is 0.903. The van der Waals surface area contributed by atoms with Crippen molar-refractivity contribution in [3.63, 3.8) is 0 Å². The molecule has 0 radical (unpaired) electrons. The van der Waals surface area contributed by atoms with E-state index in [0.717, 1.165) is 5.56 Å². The van der Waals surface area contributed by atoms with E-state index in [2.05, 4.69) is 10.7 Å². The highest BCUT2D eigenvalue weighted by Gasteiger charge is 2.08. The molecule has 0 aromatic heterocycles. The molecule has 0 N–H and O–H groups in total. The molecule has 0 fully saturated rings. The second kappa shape index (κ2) is 7.91. The van der Waals surface area contributed by atoms with E-state index in [1.54, 1.807) is 0 Å². The molecular weight excluding hydrogens is 232 g/mol. The van der Waals surface area contributed by atoms with Crippen molar-refractivity contribution in [3.8, 4) is 12.3 Å². The van der Waals surface area contributed by atoms with Gasteiger partial charge in [0.1, 0.15) is 6.61 Å². The van der Waals surface area contributed by atoms with E-state index in [1.165, 1.54) is 0 Å². The smallest absolute Gasteiger partial charge is 0.307 e. The Morgan fingerprint density at radius 1 is 1.06 bits per heavy atom. The maximum atomic E-state index is 11.3. The largest absolute Gasteiger partial charge is 0.461 e. The fourth-order valence-corrected chi connectivity index (χ4v) is 1.21. The first-order valence-corrected chi connectivity index (χ1v) is 5.51. The Morgan fingerprint density at radius 3 is 2.28 bits per heavy atom. The van der Waals surface area contributed by atoms with Gasteiger partial charge in [-0.05, 0) is 5.56 Å². The molecule has 1 aromatic carbocycles. The topological polar surface area (TPSA) is 52.6 Å². The monoisotopic (exact) mass is 246 g/mol. The van der Waals surface area contributed by atoms with Gasteiger partial charge >= 0.3 is 11.9 Å². The van der Waals surface area contributed by atoms with Crippen LogP contribution in [0.3, 0.4) is 0 Å². The number of carbonyl (C=O) groups excluding carboxylic acids is 2. The van der Waals surface area contributed by atoms with Crippen molar-refractivity contribution in [2.75, 3.05) is 6.61 Å². The van der Waals surface area contributed by atoms with Gasteiger partial charge in [0.25, 0.3) is 0 Å². The van der Waals surface area contributed by atoms with Crippen LogP contribution >= 0.6 is 0 Å². The van der Waals surface area contributed by atoms with Crippen LogP contribution in [0.25, 0.3) is 0 Å². The number of benzene rings is 1. The van der Waals surface area contributed by atoms with E-state index >= 15 is 0 Å². The van der Waals surface area contributed by atoms with E-state index in [0.29, 0.717) is 0 Å². The number of rotatable bonds is 6. The molecule has 1 rings (SSSR count). The van der Waals surface area contributed by atoms with Crippen molar-refractivity contribution in [2.45, 2.75) is 19.4 Å². The predicted molar refractivity (Wildman–Crippen MR) is 65.3 cm³/mol. The lowest BCUT2D eigenvalue weighted by Crippen LogP contribution is -2.10. The lowest BCUT2D eigenvalue weighted by atomic mass is 10.2. The van der Waals surface area contributed by atoms with E-state index in [1.807, 2.05) is 30.3 Å². The molecule has 0 spiro atoms. The Hall–Kier alpha value is -2.28. The van der Waals surface area contributed by atoms with Crippen molar-refractivity contribution in [1.29, 1.82) is 0 Å². The SMILES string of the molecule is C#CCOC(=O)CCC(=O)OCc1ccccc1. The third kappa shape index (κ3) is 5.71. The summed E-state index contributed by atoms with van der Waals surface area (Å²) in [5, 5.41) is 0. The van der Waals surface area contributed by atoms with Crippen LogP contribution < -0.4 is 0 Å². The minimum absolute atomic E-state index is 0.00373. The molecule has 0 bridgehead atoms. The molecule has 94 valence electrons. The lowest BCUT2D eigenvalue weighted by Gasteiger charge is -2.04.